The van der Waals surface area contributed by atoms with E-state index in [1.54, 1.807) is 0 Å². The van der Waals surface area contributed by atoms with Gasteiger partial charge in [-0.05, 0) is 56.9 Å². The molecule has 36 heavy (non-hydrogen) atoms. The topological polar surface area (TPSA) is 24.3 Å². The van der Waals surface area contributed by atoms with E-state index in [9.17, 15) is 0 Å². The third kappa shape index (κ3) is 4.10. The largest absolute Gasteiger partial charge is 0.338 e. The Morgan fingerprint density at radius 3 is 1.97 bits per heavy atom. The van der Waals surface area contributed by atoms with Gasteiger partial charge in [0.15, 0.2) is 8.07 Å². The molecule has 1 fully saturated rings. The van der Waals surface area contributed by atoms with Crippen molar-refractivity contribution in [1.29, 1.82) is 0 Å². The molecule has 1 saturated heterocycles. The summed E-state index contributed by atoms with van der Waals surface area (Å²) in [6.45, 7) is 28.8. The number of aryl methyl sites for hydroxylation is 2. The quantitative estimate of drug-likeness (QED) is 0.390. The fourth-order valence-electron chi connectivity index (χ4n) is 7.05. The van der Waals surface area contributed by atoms with Gasteiger partial charge >= 0.3 is 6.98 Å². The molecule has 3 aromatic rings. The minimum Gasteiger partial charge on any atom is -0.331 e. The normalized spacial score (nSPS) is 18.8. The SMILES string of the molecule is Cc1ccc(C)c2c1nc([Si](C)(C)c1ccccc1)n2C1B(N(C(C)C)C(C)C)N(C(C)C)C1(C)C. The van der Waals surface area contributed by atoms with Crippen LogP contribution >= 0.6 is 0 Å². The molecule has 4 nitrogen and oxygen atoms in total. The first-order chi connectivity index (χ1) is 16.7. The summed E-state index contributed by atoms with van der Waals surface area (Å²) in [5.41, 5.74) is 6.42. The van der Waals surface area contributed by atoms with Gasteiger partial charge in [0.2, 0.25) is 0 Å². The molecule has 194 valence electrons. The summed E-state index contributed by atoms with van der Waals surface area (Å²) in [5, 5.41) is 1.44. The summed E-state index contributed by atoms with van der Waals surface area (Å²) in [7, 11) is -2.09. The lowest BCUT2D eigenvalue weighted by molar-refractivity contribution is 0.0507. The van der Waals surface area contributed by atoms with Crippen LogP contribution in [0.2, 0.25) is 13.1 Å². The van der Waals surface area contributed by atoms with Crippen LogP contribution in [0.15, 0.2) is 42.5 Å². The molecule has 1 unspecified atom stereocenters. The molecule has 1 aliphatic heterocycles. The molecule has 0 N–H and O–H groups in total. The molecule has 0 radical (unpaired) electrons. The zero-order valence-corrected chi connectivity index (χ0v) is 25.7. The minimum absolute atomic E-state index is 0.000593. The van der Waals surface area contributed by atoms with Gasteiger partial charge in [-0.3, -0.25) is 0 Å². The average Bonchev–Trinajstić information content (AvgIpc) is 3.17. The number of aromatic nitrogens is 2. The Labute approximate surface area is 221 Å². The van der Waals surface area contributed by atoms with E-state index in [-0.39, 0.29) is 5.54 Å². The molecule has 1 aliphatic rings. The predicted molar refractivity (Wildman–Crippen MR) is 160 cm³/mol. The molecule has 0 aliphatic carbocycles. The van der Waals surface area contributed by atoms with E-state index in [1.807, 2.05) is 0 Å². The van der Waals surface area contributed by atoms with Crippen LogP contribution in [0, 0.1) is 13.8 Å². The van der Waals surface area contributed by atoms with Gasteiger partial charge in [0.25, 0.3) is 0 Å². The fraction of sp³-hybridized carbons (Fsp3) is 0.567. The first-order valence-corrected chi connectivity index (χ1v) is 16.8. The Morgan fingerprint density at radius 2 is 1.44 bits per heavy atom. The van der Waals surface area contributed by atoms with E-state index in [0.717, 1.165) is 0 Å². The van der Waals surface area contributed by atoms with Crippen molar-refractivity contribution in [1.82, 2.24) is 19.2 Å². The highest BCUT2D eigenvalue weighted by Crippen LogP contribution is 2.48. The first kappa shape index (κ1) is 27.2. The van der Waals surface area contributed by atoms with E-state index < -0.39 is 8.07 Å². The van der Waals surface area contributed by atoms with Crippen LogP contribution in [-0.2, 0) is 0 Å². The molecule has 0 spiro atoms. The van der Waals surface area contributed by atoms with Crippen molar-refractivity contribution in [3.8, 4) is 0 Å². The van der Waals surface area contributed by atoms with E-state index in [1.165, 1.54) is 32.8 Å². The number of benzene rings is 2. The van der Waals surface area contributed by atoms with Crippen molar-refractivity contribution in [3.63, 3.8) is 0 Å². The summed E-state index contributed by atoms with van der Waals surface area (Å²) in [6.07, 6.45) is 0. The predicted octanol–water partition coefficient (Wildman–Crippen LogP) is 5.67. The molecule has 2 aromatic carbocycles. The molecule has 0 bridgehead atoms. The second-order valence-corrected chi connectivity index (χ2v) is 17.1. The van der Waals surface area contributed by atoms with Crippen molar-refractivity contribution in [2.24, 2.45) is 0 Å². The van der Waals surface area contributed by atoms with Crippen LogP contribution in [0.4, 0.5) is 0 Å². The summed E-state index contributed by atoms with van der Waals surface area (Å²) in [6, 6.07) is 17.0. The zero-order valence-electron chi connectivity index (χ0n) is 24.7. The lowest BCUT2D eigenvalue weighted by atomic mass is 9.43. The van der Waals surface area contributed by atoms with Gasteiger partial charge < -0.3 is 14.2 Å². The van der Waals surface area contributed by atoms with Gasteiger partial charge in [0, 0.05) is 5.54 Å². The number of hydrogen-bond acceptors (Lipinski definition) is 3. The molecule has 2 heterocycles. The highest BCUT2D eigenvalue weighted by molar-refractivity contribution is 6.99. The molecule has 6 heteroatoms. The van der Waals surface area contributed by atoms with Gasteiger partial charge in [-0.15, -0.1) is 0 Å². The van der Waals surface area contributed by atoms with E-state index in [4.69, 9.17) is 4.98 Å². The Kier molecular flexibility index (Phi) is 7.13. The third-order valence-corrected chi connectivity index (χ3v) is 11.8. The summed E-state index contributed by atoms with van der Waals surface area (Å²) < 4.78 is 2.72. The second-order valence-electron chi connectivity index (χ2n) is 12.8. The Bertz CT molecular complexity index is 1210. The maximum Gasteiger partial charge on any atom is 0.338 e. The Hall–Kier alpha value is -1.89. The van der Waals surface area contributed by atoms with Crippen LogP contribution in [0.5, 0.6) is 0 Å². The second kappa shape index (κ2) is 9.45. The average molecular weight is 503 g/mol. The van der Waals surface area contributed by atoms with Crippen molar-refractivity contribution in [3.05, 3.63) is 53.6 Å². The van der Waals surface area contributed by atoms with Gasteiger partial charge in [-0.1, -0.05) is 102 Å². The summed E-state index contributed by atoms with van der Waals surface area (Å²) >= 11 is 0. The zero-order chi connectivity index (χ0) is 26.7. The van der Waals surface area contributed by atoms with Gasteiger partial charge in [-0.2, -0.15) is 0 Å². The summed E-state index contributed by atoms with van der Waals surface area (Å²) in [4.78, 5) is 11.0. The minimum atomic E-state index is -2.09. The van der Waals surface area contributed by atoms with Crippen LogP contribution in [0.25, 0.3) is 11.0 Å². The van der Waals surface area contributed by atoms with Gasteiger partial charge in [0.1, 0.15) is 0 Å². The van der Waals surface area contributed by atoms with E-state index >= 15 is 0 Å². The van der Waals surface area contributed by atoms with Crippen molar-refractivity contribution in [2.75, 3.05) is 0 Å². The highest BCUT2D eigenvalue weighted by Gasteiger charge is 2.63. The van der Waals surface area contributed by atoms with Crippen LogP contribution in [-0.4, -0.2) is 57.9 Å². The first-order valence-electron chi connectivity index (χ1n) is 13.8. The maximum absolute atomic E-state index is 5.53. The van der Waals surface area contributed by atoms with Gasteiger partial charge in [-0.25, -0.2) is 4.98 Å². The molecule has 4 rings (SSSR count). The van der Waals surface area contributed by atoms with E-state index in [2.05, 4.69) is 139 Å². The lowest BCUT2D eigenvalue weighted by Crippen LogP contribution is -2.82. The van der Waals surface area contributed by atoms with E-state index in [0.29, 0.717) is 31.0 Å². The van der Waals surface area contributed by atoms with Crippen molar-refractivity contribution < 1.29 is 0 Å². The molecular weight excluding hydrogens is 455 g/mol. The number of nitrogens with zero attached hydrogens (tertiary/aromatic N) is 4. The number of hydrogen-bond donors (Lipinski definition) is 0. The Balaban J connectivity index is 2.07. The van der Waals surface area contributed by atoms with Crippen LogP contribution < -0.4 is 10.6 Å². The standard InChI is InChI=1S/C30H47BN4Si/c1-20(2)34(21(3)4)31-28(30(9,10)35(31)22(5)6)33-27-24(8)19-18-23(7)26(27)32-29(33)36(11,12)25-16-14-13-15-17-25/h13-22,28H,1-12H3. The fourth-order valence-corrected chi connectivity index (χ4v) is 9.58. The highest BCUT2D eigenvalue weighted by atomic mass is 28.3. The molecule has 0 amide bonds. The van der Waals surface area contributed by atoms with Crippen LogP contribution in [0.1, 0.15) is 72.5 Å². The smallest absolute Gasteiger partial charge is 0.331 e. The number of imidazole rings is 1. The molecular formula is C30H47BN4Si. The number of rotatable bonds is 7. The number of fused-ring (bicyclic) bond motifs is 1. The monoisotopic (exact) mass is 502 g/mol. The van der Waals surface area contributed by atoms with Crippen molar-refractivity contribution >= 4 is 36.7 Å². The van der Waals surface area contributed by atoms with Crippen LogP contribution in [0.3, 0.4) is 0 Å². The summed E-state index contributed by atoms with van der Waals surface area (Å²) in [5.74, 6) is 0.306. The van der Waals surface area contributed by atoms with Gasteiger partial charge in [0.05, 0.1) is 22.4 Å². The lowest BCUT2D eigenvalue weighted by Gasteiger charge is -2.65. The maximum atomic E-state index is 5.53. The third-order valence-electron chi connectivity index (χ3n) is 8.59. The molecule has 1 aromatic heterocycles. The van der Waals surface area contributed by atoms with Crippen molar-refractivity contribution in [2.45, 2.75) is 112 Å². The Morgan fingerprint density at radius 1 is 0.889 bits per heavy atom. The molecule has 0 saturated carbocycles. The molecule has 1 atom stereocenters.